The molecule has 0 fully saturated rings. The van der Waals surface area contributed by atoms with Crippen molar-refractivity contribution in [1.82, 2.24) is 14.8 Å². The van der Waals surface area contributed by atoms with Crippen molar-refractivity contribution in [1.29, 1.82) is 0 Å². The minimum absolute atomic E-state index is 0.766. The summed E-state index contributed by atoms with van der Waals surface area (Å²) in [7, 11) is 0. The molecule has 0 bridgehead atoms. The van der Waals surface area contributed by atoms with Crippen LogP contribution in [0.5, 0.6) is 0 Å². The Morgan fingerprint density at radius 1 is 1.05 bits per heavy atom. The predicted molar refractivity (Wildman–Crippen MR) is 83.7 cm³/mol. The molecule has 0 unspecified atom stereocenters. The number of benzene rings is 2. The van der Waals surface area contributed by atoms with Gasteiger partial charge in [-0.25, -0.2) is 0 Å². The lowest BCUT2D eigenvalue weighted by Crippen LogP contribution is -2.12. The molecule has 0 atom stereocenters. The normalized spacial score (nSPS) is 12.8. The number of nitrogens with two attached hydrogens (primary N) is 1. The molecule has 1 aliphatic rings. The van der Waals surface area contributed by atoms with Crippen LogP contribution in [0, 0.1) is 6.92 Å². The number of nitrogen functional groups attached to an aromatic ring is 1. The molecule has 1 aliphatic heterocycles. The van der Waals surface area contributed by atoms with Crippen molar-refractivity contribution in [3.05, 3.63) is 53.6 Å². The van der Waals surface area contributed by atoms with Crippen LogP contribution in [0.1, 0.15) is 11.1 Å². The van der Waals surface area contributed by atoms with Gasteiger partial charge in [0.2, 0.25) is 0 Å². The predicted octanol–water partition coefficient (Wildman–Crippen LogP) is 3.06. The van der Waals surface area contributed by atoms with Gasteiger partial charge in [0.25, 0.3) is 0 Å². The van der Waals surface area contributed by atoms with E-state index < -0.39 is 0 Å². The van der Waals surface area contributed by atoms with E-state index in [0.717, 1.165) is 41.4 Å². The molecule has 0 spiro atoms. The number of rotatable bonds is 1. The Bertz CT molecular complexity index is 819. The highest BCUT2D eigenvalue weighted by Gasteiger charge is 2.22. The number of fused-ring (bicyclic) bond motifs is 3. The van der Waals surface area contributed by atoms with Crippen molar-refractivity contribution >= 4 is 5.69 Å². The minimum Gasteiger partial charge on any atom is -0.399 e. The van der Waals surface area contributed by atoms with E-state index in [-0.39, 0.29) is 0 Å². The second-order valence-corrected chi connectivity index (χ2v) is 5.53. The number of nitrogens with zero attached hydrogens (tertiary/aromatic N) is 3. The highest BCUT2D eigenvalue weighted by atomic mass is 15.3. The third-order valence-corrected chi connectivity index (χ3v) is 4.01. The fourth-order valence-corrected chi connectivity index (χ4v) is 2.96. The molecule has 2 aromatic carbocycles. The molecule has 0 amide bonds. The fourth-order valence-electron chi connectivity index (χ4n) is 2.96. The molecule has 4 nitrogen and oxygen atoms in total. The Morgan fingerprint density at radius 2 is 1.90 bits per heavy atom. The van der Waals surface area contributed by atoms with Gasteiger partial charge >= 0.3 is 0 Å². The highest BCUT2D eigenvalue weighted by molar-refractivity contribution is 5.70. The van der Waals surface area contributed by atoms with Crippen LogP contribution >= 0.6 is 0 Å². The molecular formula is C17H16N4. The van der Waals surface area contributed by atoms with Crippen molar-refractivity contribution < 1.29 is 0 Å². The second kappa shape index (κ2) is 4.45. The quantitative estimate of drug-likeness (QED) is 0.695. The zero-order valence-corrected chi connectivity index (χ0v) is 11.9. The molecule has 0 aliphatic carbocycles. The van der Waals surface area contributed by atoms with E-state index in [2.05, 4.69) is 52.0 Å². The number of hydrogen-bond acceptors (Lipinski definition) is 3. The molecule has 2 heterocycles. The van der Waals surface area contributed by atoms with Gasteiger partial charge in [0.15, 0.2) is 11.6 Å². The van der Waals surface area contributed by atoms with Crippen LogP contribution in [0.25, 0.3) is 22.8 Å². The van der Waals surface area contributed by atoms with Gasteiger partial charge in [0, 0.05) is 23.4 Å². The van der Waals surface area contributed by atoms with Crippen LogP contribution in [-0.4, -0.2) is 14.8 Å². The van der Waals surface area contributed by atoms with Crippen LogP contribution in [0.3, 0.4) is 0 Å². The van der Waals surface area contributed by atoms with Crippen molar-refractivity contribution in [2.45, 2.75) is 19.9 Å². The summed E-state index contributed by atoms with van der Waals surface area (Å²) >= 11 is 0. The van der Waals surface area contributed by atoms with Gasteiger partial charge in [0.1, 0.15) is 0 Å². The van der Waals surface area contributed by atoms with Gasteiger partial charge in [-0.3, -0.25) is 0 Å². The zero-order chi connectivity index (χ0) is 14.4. The van der Waals surface area contributed by atoms with E-state index in [1.54, 1.807) is 0 Å². The first kappa shape index (κ1) is 12.1. The van der Waals surface area contributed by atoms with E-state index in [0.29, 0.717) is 0 Å². The summed E-state index contributed by atoms with van der Waals surface area (Å²) in [6.07, 6.45) is 0.986. The van der Waals surface area contributed by atoms with Crippen LogP contribution < -0.4 is 5.73 Å². The van der Waals surface area contributed by atoms with Gasteiger partial charge in [-0.1, -0.05) is 29.8 Å². The highest BCUT2D eigenvalue weighted by Crippen LogP contribution is 2.32. The lowest BCUT2D eigenvalue weighted by atomic mass is 9.99. The monoisotopic (exact) mass is 276 g/mol. The molecule has 4 rings (SSSR count). The average Bonchev–Trinajstić information content (AvgIpc) is 2.91. The number of aryl methyl sites for hydroxylation is 2. The lowest BCUT2D eigenvalue weighted by molar-refractivity contribution is 0.688. The first-order valence-electron chi connectivity index (χ1n) is 7.11. The maximum absolute atomic E-state index is 5.92. The smallest absolute Gasteiger partial charge is 0.164 e. The zero-order valence-electron chi connectivity index (χ0n) is 11.9. The molecule has 0 saturated heterocycles. The van der Waals surface area contributed by atoms with Crippen molar-refractivity contribution in [3.63, 3.8) is 0 Å². The summed E-state index contributed by atoms with van der Waals surface area (Å²) < 4.78 is 2.19. The first-order valence-corrected chi connectivity index (χ1v) is 7.11. The number of anilines is 1. The Morgan fingerprint density at radius 3 is 2.76 bits per heavy atom. The second-order valence-electron chi connectivity index (χ2n) is 5.53. The van der Waals surface area contributed by atoms with E-state index >= 15 is 0 Å². The summed E-state index contributed by atoms with van der Waals surface area (Å²) in [4.78, 5) is 0. The summed E-state index contributed by atoms with van der Waals surface area (Å²) in [6.45, 7) is 3.00. The topological polar surface area (TPSA) is 56.7 Å². The van der Waals surface area contributed by atoms with Gasteiger partial charge in [-0.2, -0.15) is 0 Å². The first-order chi connectivity index (χ1) is 10.2. The Labute approximate surface area is 123 Å². The summed E-state index contributed by atoms with van der Waals surface area (Å²) in [6, 6.07) is 14.4. The largest absolute Gasteiger partial charge is 0.399 e. The molecule has 104 valence electrons. The fraction of sp³-hybridized carbons (Fsp3) is 0.176. The number of hydrogen-bond donors (Lipinski definition) is 1. The van der Waals surface area contributed by atoms with Crippen LogP contribution in [0.4, 0.5) is 5.69 Å². The molecule has 4 heteroatoms. The third-order valence-electron chi connectivity index (χ3n) is 4.01. The molecular weight excluding hydrogens is 260 g/mol. The van der Waals surface area contributed by atoms with Crippen LogP contribution in [0.15, 0.2) is 42.5 Å². The molecule has 2 N–H and O–H groups in total. The van der Waals surface area contributed by atoms with Crippen molar-refractivity contribution in [2.24, 2.45) is 0 Å². The van der Waals surface area contributed by atoms with E-state index in [4.69, 9.17) is 5.73 Å². The van der Waals surface area contributed by atoms with Crippen LogP contribution in [-0.2, 0) is 13.0 Å². The standard InChI is InChI=1S/C17H16N4/c1-11-3-2-4-13(9-11)16-19-20-17-15-10-14(18)6-5-12(15)7-8-21(16)17/h2-6,9-10H,7-8,18H2,1H3. The summed E-state index contributed by atoms with van der Waals surface area (Å²) in [5.41, 5.74) is 11.4. The maximum atomic E-state index is 5.92. The maximum Gasteiger partial charge on any atom is 0.164 e. The average molecular weight is 276 g/mol. The lowest BCUT2D eigenvalue weighted by Gasteiger charge is -2.19. The van der Waals surface area contributed by atoms with E-state index in [1.807, 2.05) is 12.1 Å². The third kappa shape index (κ3) is 1.91. The summed E-state index contributed by atoms with van der Waals surface area (Å²) in [5, 5.41) is 8.81. The molecule has 0 radical (unpaired) electrons. The van der Waals surface area contributed by atoms with Gasteiger partial charge < -0.3 is 10.3 Å². The molecule has 21 heavy (non-hydrogen) atoms. The minimum atomic E-state index is 0.766. The van der Waals surface area contributed by atoms with Gasteiger partial charge in [-0.05, 0) is 37.1 Å². The van der Waals surface area contributed by atoms with Crippen molar-refractivity contribution in [2.75, 3.05) is 5.73 Å². The van der Waals surface area contributed by atoms with E-state index in [9.17, 15) is 0 Å². The molecule has 1 aromatic heterocycles. The van der Waals surface area contributed by atoms with Crippen molar-refractivity contribution in [3.8, 4) is 22.8 Å². The van der Waals surface area contributed by atoms with Gasteiger partial charge in [0.05, 0.1) is 0 Å². The Kier molecular flexibility index (Phi) is 2.57. The Hall–Kier alpha value is -2.62. The molecule has 0 saturated carbocycles. The SMILES string of the molecule is Cc1cccc(-c2nnc3n2CCc2ccc(N)cc2-3)c1. The summed E-state index contributed by atoms with van der Waals surface area (Å²) in [5.74, 6) is 1.85. The van der Waals surface area contributed by atoms with Gasteiger partial charge in [-0.15, -0.1) is 10.2 Å². The number of aromatic nitrogens is 3. The molecule has 3 aromatic rings. The Balaban J connectivity index is 1.89. The van der Waals surface area contributed by atoms with E-state index in [1.165, 1.54) is 11.1 Å². The van der Waals surface area contributed by atoms with Crippen LogP contribution in [0.2, 0.25) is 0 Å².